The Labute approximate surface area is 128 Å². The van der Waals surface area contributed by atoms with Crippen molar-refractivity contribution in [2.24, 2.45) is 11.8 Å². The van der Waals surface area contributed by atoms with Crippen LogP contribution in [0.1, 0.15) is 45.1 Å². The Morgan fingerprint density at radius 2 is 1.90 bits per heavy atom. The van der Waals surface area contributed by atoms with Crippen LogP contribution in [0.3, 0.4) is 0 Å². The van der Waals surface area contributed by atoms with E-state index in [2.05, 4.69) is 18.6 Å². The largest absolute Gasteiger partial charge is 0.399 e. The molecule has 0 amide bonds. The first-order valence-electron chi connectivity index (χ1n) is 7.69. The van der Waals surface area contributed by atoms with Crippen molar-refractivity contribution in [1.82, 2.24) is 4.72 Å². The minimum atomic E-state index is -3.47. The average Bonchev–Trinajstić information content (AvgIpc) is 2.41. The highest BCUT2D eigenvalue weighted by molar-refractivity contribution is 7.89. The quantitative estimate of drug-likeness (QED) is 0.840. The lowest BCUT2D eigenvalue weighted by Gasteiger charge is -2.34. The third kappa shape index (κ3) is 3.77. The highest BCUT2D eigenvalue weighted by atomic mass is 32.2. The smallest absolute Gasteiger partial charge is 0.240 e. The molecule has 2 rings (SSSR count). The average molecular weight is 310 g/mol. The Kier molecular flexibility index (Phi) is 4.94. The fourth-order valence-corrected chi connectivity index (χ4v) is 4.59. The van der Waals surface area contributed by atoms with Gasteiger partial charge in [-0.1, -0.05) is 26.7 Å². The molecule has 3 N–H and O–H groups in total. The van der Waals surface area contributed by atoms with Gasteiger partial charge in [-0.3, -0.25) is 0 Å². The number of nitrogens with two attached hydrogens (primary N) is 1. The third-order valence-corrected chi connectivity index (χ3v) is 6.02. The fraction of sp³-hybridized carbons (Fsp3) is 0.625. The molecule has 0 saturated heterocycles. The third-order valence-electron chi connectivity index (χ3n) is 4.53. The van der Waals surface area contributed by atoms with Crippen LogP contribution in [-0.4, -0.2) is 14.5 Å². The van der Waals surface area contributed by atoms with E-state index < -0.39 is 10.0 Å². The van der Waals surface area contributed by atoms with Gasteiger partial charge in [0.25, 0.3) is 0 Å². The van der Waals surface area contributed by atoms with Crippen molar-refractivity contribution in [1.29, 1.82) is 0 Å². The second kappa shape index (κ2) is 6.36. The molecule has 0 bridgehead atoms. The summed E-state index contributed by atoms with van der Waals surface area (Å²) in [5.74, 6) is 0.912. The minimum Gasteiger partial charge on any atom is -0.399 e. The molecule has 0 radical (unpaired) electrons. The van der Waals surface area contributed by atoms with Crippen molar-refractivity contribution in [3.8, 4) is 0 Å². The van der Waals surface area contributed by atoms with Gasteiger partial charge in [-0.05, 0) is 55.4 Å². The first-order chi connectivity index (χ1) is 9.81. The van der Waals surface area contributed by atoms with E-state index >= 15 is 0 Å². The zero-order chi connectivity index (χ0) is 15.6. The van der Waals surface area contributed by atoms with Crippen molar-refractivity contribution in [3.05, 3.63) is 23.8 Å². The lowest BCUT2D eigenvalue weighted by atomic mass is 9.78. The Morgan fingerprint density at radius 3 is 2.52 bits per heavy atom. The molecule has 118 valence electrons. The van der Waals surface area contributed by atoms with Gasteiger partial charge in [0.1, 0.15) is 0 Å². The molecule has 0 aromatic heterocycles. The van der Waals surface area contributed by atoms with Gasteiger partial charge in [-0.25, -0.2) is 13.1 Å². The molecule has 0 heterocycles. The number of nitrogen functional groups attached to an aromatic ring is 1. The molecule has 5 heteroatoms. The summed E-state index contributed by atoms with van der Waals surface area (Å²) < 4.78 is 28.1. The lowest BCUT2D eigenvalue weighted by Crippen LogP contribution is -2.43. The lowest BCUT2D eigenvalue weighted by molar-refractivity contribution is 0.226. The van der Waals surface area contributed by atoms with E-state index in [0.717, 1.165) is 24.8 Å². The highest BCUT2D eigenvalue weighted by Crippen LogP contribution is 2.31. The summed E-state index contributed by atoms with van der Waals surface area (Å²) in [5.41, 5.74) is 7.17. The Morgan fingerprint density at radius 1 is 1.24 bits per heavy atom. The standard InChI is InChI=1S/C16H26N2O2S/c1-11(2)14-6-4-5-7-16(14)18-21(19,20)13-8-9-15(17)12(3)10-13/h8-11,14,16,18H,4-7,17H2,1-3H3. The van der Waals surface area contributed by atoms with Gasteiger partial charge in [-0.15, -0.1) is 0 Å². The van der Waals surface area contributed by atoms with Crippen LogP contribution in [0.15, 0.2) is 23.1 Å². The second-order valence-electron chi connectivity index (χ2n) is 6.44. The normalized spacial score (nSPS) is 23.4. The summed E-state index contributed by atoms with van der Waals surface area (Å²) in [5, 5.41) is 0. The number of nitrogens with one attached hydrogen (secondary N) is 1. The molecule has 21 heavy (non-hydrogen) atoms. The summed E-state index contributed by atoms with van der Waals surface area (Å²) in [6, 6.07) is 4.93. The molecule has 2 atom stereocenters. The number of anilines is 1. The molecule has 1 fully saturated rings. The maximum absolute atomic E-state index is 12.6. The summed E-state index contributed by atoms with van der Waals surface area (Å²) in [4.78, 5) is 0.308. The summed E-state index contributed by atoms with van der Waals surface area (Å²) in [7, 11) is -3.47. The summed E-state index contributed by atoms with van der Waals surface area (Å²) in [6.07, 6.45) is 4.32. The van der Waals surface area contributed by atoms with Crippen molar-refractivity contribution < 1.29 is 8.42 Å². The van der Waals surface area contributed by atoms with Gasteiger partial charge in [0.15, 0.2) is 0 Å². The molecule has 1 aliphatic carbocycles. The van der Waals surface area contributed by atoms with Crippen LogP contribution >= 0.6 is 0 Å². The SMILES string of the molecule is Cc1cc(S(=O)(=O)NC2CCCCC2C(C)C)ccc1N. The van der Waals surface area contributed by atoms with Crippen molar-refractivity contribution >= 4 is 15.7 Å². The van der Waals surface area contributed by atoms with Crippen molar-refractivity contribution in [2.75, 3.05) is 5.73 Å². The van der Waals surface area contributed by atoms with Crippen LogP contribution in [-0.2, 0) is 10.0 Å². The van der Waals surface area contributed by atoms with E-state index in [-0.39, 0.29) is 6.04 Å². The maximum Gasteiger partial charge on any atom is 0.240 e. The van der Waals surface area contributed by atoms with Gasteiger partial charge >= 0.3 is 0 Å². The number of hydrogen-bond donors (Lipinski definition) is 2. The number of sulfonamides is 1. The van der Waals surface area contributed by atoms with E-state index in [4.69, 9.17) is 5.73 Å². The zero-order valence-electron chi connectivity index (χ0n) is 13.1. The van der Waals surface area contributed by atoms with E-state index in [1.807, 2.05) is 6.92 Å². The molecule has 1 aromatic rings. The Balaban J connectivity index is 2.21. The van der Waals surface area contributed by atoms with Gasteiger partial charge in [-0.2, -0.15) is 0 Å². The molecule has 2 unspecified atom stereocenters. The number of rotatable bonds is 4. The maximum atomic E-state index is 12.6. The molecular formula is C16H26N2O2S. The first kappa shape index (κ1) is 16.3. The molecule has 1 saturated carbocycles. The number of benzene rings is 1. The predicted molar refractivity (Wildman–Crippen MR) is 86.5 cm³/mol. The molecule has 1 aliphatic rings. The predicted octanol–water partition coefficient (Wildman–Crippen LogP) is 3.07. The van der Waals surface area contributed by atoms with Crippen molar-refractivity contribution in [3.63, 3.8) is 0 Å². The zero-order valence-corrected chi connectivity index (χ0v) is 13.9. The van der Waals surface area contributed by atoms with E-state index in [1.54, 1.807) is 18.2 Å². The Bertz CT molecular complexity index is 596. The van der Waals surface area contributed by atoms with Gasteiger partial charge in [0, 0.05) is 11.7 Å². The van der Waals surface area contributed by atoms with Crippen LogP contribution in [0.25, 0.3) is 0 Å². The van der Waals surface area contributed by atoms with E-state index in [9.17, 15) is 8.42 Å². The van der Waals surface area contributed by atoms with E-state index in [0.29, 0.717) is 22.4 Å². The molecule has 0 aliphatic heterocycles. The molecule has 4 nitrogen and oxygen atoms in total. The Hall–Kier alpha value is -1.07. The van der Waals surface area contributed by atoms with E-state index in [1.165, 1.54) is 6.42 Å². The number of hydrogen-bond acceptors (Lipinski definition) is 3. The molecular weight excluding hydrogens is 284 g/mol. The van der Waals surface area contributed by atoms with Gasteiger partial charge in [0.05, 0.1) is 4.90 Å². The summed E-state index contributed by atoms with van der Waals surface area (Å²) in [6.45, 7) is 6.17. The van der Waals surface area contributed by atoms with Crippen LogP contribution in [0.2, 0.25) is 0 Å². The molecule has 0 spiro atoms. The van der Waals surface area contributed by atoms with Gasteiger partial charge in [0.2, 0.25) is 10.0 Å². The fourth-order valence-electron chi connectivity index (χ4n) is 3.19. The minimum absolute atomic E-state index is 0.0432. The monoisotopic (exact) mass is 310 g/mol. The highest BCUT2D eigenvalue weighted by Gasteiger charge is 2.31. The second-order valence-corrected chi connectivity index (χ2v) is 8.15. The topological polar surface area (TPSA) is 72.2 Å². The van der Waals surface area contributed by atoms with Crippen LogP contribution in [0.4, 0.5) is 5.69 Å². The van der Waals surface area contributed by atoms with Crippen LogP contribution < -0.4 is 10.5 Å². The number of aryl methyl sites for hydroxylation is 1. The van der Waals surface area contributed by atoms with Crippen LogP contribution in [0.5, 0.6) is 0 Å². The first-order valence-corrected chi connectivity index (χ1v) is 9.18. The summed E-state index contributed by atoms with van der Waals surface area (Å²) >= 11 is 0. The van der Waals surface area contributed by atoms with Crippen molar-refractivity contribution in [2.45, 2.75) is 57.4 Å². The molecule has 1 aromatic carbocycles. The van der Waals surface area contributed by atoms with Crippen LogP contribution in [0, 0.1) is 18.8 Å². The van der Waals surface area contributed by atoms with Gasteiger partial charge < -0.3 is 5.73 Å².